The number of nitrogens with zero attached hydrogens (tertiary/aromatic N) is 2. The summed E-state index contributed by atoms with van der Waals surface area (Å²) in [4.78, 5) is 12.4. The molecule has 6 nitrogen and oxygen atoms in total. The van der Waals surface area contributed by atoms with Gasteiger partial charge < -0.3 is 15.4 Å². The molecule has 7 heteroatoms. The van der Waals surface area contributed by atoms with Crippen molar-refractivity contribution in [2.75, 3.05) is 17.7 Å². The molecule has 0 fully saturated rings. The Morgan fingerprint density at radius 3 is 2.83 bits per heavy atom. The van der Waals surface area contributed by atoms with Crippen LogP contribution in [-0.4, -0.2) is 28.8 Å². The van der Waals surface area contributed by atoms with E-state index in [2.05, 4.69) is 15.7 Å². The first-order valence-corrected chi connectivity index (χ1v) is 7.76. The van der Waals surface area contributed by atoms with Crippen LogP contribution in [0.3, 0.4) is 0 Å². The van der Waals surface area contributed by atoms with Crippen LogP contribution in [0.25, 0.3) is 0 Å². The quantitative estimate of drug-likeness (QED) is 0.849. The topological polar surface area (TPSA) is 68.2 Å². The molecule has 0 unspecified atom stereocenters. The monoisotopic (exact) mass is 336 g/mol. The summed E-state index contributed by atoms with van der Waals surface area (Å²) in [5.74, 6) is 0.356. The Labute approximate surface area is 140 Å². The van der Waals surface area contributed by atoms with Crippen LogP contribution in [0.2, 0.25) is 5.02 Å². The minimum Gasteiger partial charge on any atom is -0.495 e. The third-order valence-electron chi connectivity index (χ3n) is 3.47. The van der Waals surface area contributed by atoms with Crippen LogP contribution in [0.15, 0.2) is 24.5 Å². The summed E-state index contributed by atoms with van der Waals surface area (Å²) in [5, 5.41) is 10.7. The lowest BCUT2D eigenvalue weighted by Gasteiger charge is -2.16. The second-order valence-corrected chi connectivity index (χ2v) is 5.65. The van der Waals surface area contributed by atoms with Gasteiger partial charge in [-0.15, -0.1) is 0 Å². The lowest BCUT2D eigenvalue weighted by Crippen LogP contribution is -2.31. The van der Waals surface area contributed by atoms with Gasteiger partial charge in [0.2, 0.25) is 5.91 Å². The fourth-order valence-corrected chi connectivity index (χ4v) is 2.25. The summed E-state index contributed by atoms with van der Waals surface area (Å²) < 4.78 is 7.06. The van der Waals surface area contributed by atoms with E-state index in [0.717, 1.165) is 17.8 Å². The smallest absolute Gasteiger partial charge is 0.246 e. The van der Waals surface area contributed by atoms with Gasteiger partial charge in [0, 0.05) is 23.8 Å². The molecule has 1 amide bonds. The molecule has 2 N–H and O–H groups in total. The van der Waals surface area contributed by atoms with Gasteiger partial charge in [0.15, 0.2) is 0 Å². The standard InChI is InChI=1S/C16H21ClN4O2/c1-5-21-9-12(8-18-21)19-11(3)16(22)20-14-6-10(2)13(17)7-15(14)23-4/h6-9,11,19H,5H2,1-4H3,(H,20,22)/t11-/m0/s1. The highest BCUT2D eigenvalue weighted by Gasteiger charge is 2.16. The largest absolute Gasteiger partial charge is 0.495 e. The van der Waals surface area contributed by atoms with Gasteiger partial charge in [0.05, 0.1) is 24.7 Å². The van der Waals surface area contributed by atoms with E-state index in [4.69, 9.17) is 16.3 Å². The molecule has 0 saturated heterocycles. The zero-order valence-electron chi connectivity index (χ0n) is 13.7. The Kier molecular flexibility index (Phi) is 5.50. The molecule has 0 aliphatic heterocycles. The predicted octanol–water partition coefficient (Wildman–Crippen LogP) is 3.31. The number of benzene rings is 1. The summed E-state index contributed by atoms with van der Waals surface area (Å²) >= 11 is 6.07. The average molecular weight is 337 g/mol. The number of hydrogen-bond acceptors (Lipinski definition) is 4. The Bertz CT molecular complexity index is 699. The first-order chi connectivity index (χ1) is 10.9. The van der Waals surface area contributed by atoms with Gasteiger partial charge in [0.25, 0.3) is 0 Å². The number of rotatable bonds is 6. The fourth-order valence-electron chi connectivity index (χ4n) is 2.10. The fraction of sp³-hybridized carbons (Fsp3) is 0.375. The maximum absolute atomic E-state index is 12.4. The first kappa shape index (κ1) is 17.1. The van der Waals surface area contributed by atoms with Gasteiger partial charge in [-0.25, -0.2) is 0 Å². The molecule has 0 aliphatic carbocycles. The Hall–Kier alpha value is -2.21. The van der Waals surface area contributed by atoms with Crippen LogP contribution in [0, 0.1) is 6.92 Å². The van der Waals surface area contributed by atoms with E-state index >= 15 is 0 Å². The summed E-state index contributed by atoms with van der Waals surface area (Å²) in [6.07, 6.45) is 3.55. The van der Waals surface area contributed by atoms with E-state index in [-0.39, 0.29) is 5.91 Å². The summed E-state index contributed by atoms with van der Waals surface area (Å²) in [6.45, 7) is 6.44. The van der Waals surface area contributed by atoms with Crippen molar-refractivity contribution in [3.05, 3.63) is 35.1 Å². The predicted molar refractivity (Wildman–Crippen MR) is 92.4 cm³/mol. The minimum absolute atomic E-state index is 0.172. The molecule has 0 radical (unpaired) electrons. The van der Waals surface area contributed by atoms with Crippen molar-refractivity contribution in [1.29, 1.82) is 0 Å². The van der Waals surface area contributed by atoms with Crippen molar-refractivity contribution in [1.82, 2.24) is 9.78 Å². The van der Waals surface area contributed by atoms with E-state index in [0.29, 0.717) is 16.5 Å². The molecular weight excluding hydrogens is 316 g/mol. The van der Waals surface area contributed by atoms with E-state index in [1.807, 2.05) is 20.0 Å². The Morgan fingerprint density at radius 2 is 2.22 bits per heavy atom. The molecule has 2 aromatic rings. The summed E-state index contributed by atoms with van der Waals surface area (Å²) in [7, 11) is 1.54. The number of carbonyl (C=O) groups is 1. The highest BCUT2D eigenvalue weighted by Crippen LogP contribution is 2.31. The van der Waals surface area contributed by atoms with Crippen molar-refractivity contribution in [3.8, 4) is 5.75 Å². The summed E-state index contributed by atoms with van der Waals surface area (Å²) in [6, 6.07) is 3.06. The number of methoxy groups -OCH3 is 1. The van der Waals surface area contributed by atoms with Crippen LogP contribution in [-0.2, 0) is 11.3 Å². The minimum atomic E-state index is -0.426. The van der Waals surface area contributed by atoms with Gasteiger partial charge in [0.1, 0.15) is 11.8 Å². The second-order valence-electron chi connectivity index (χ2n) is 5.24. The molecule has 0 aliphatic rings. The molecular formula is C16H21ClN4O2. The zero-order chi connectivity index (χ0) is 17.0. The number of ether oxygens (including phenoxy) is 1. The highest BCUT2D eigenvalue weighted by atomic mass is 35.5. The van der Waals surface area contributed by atoms with Crippen molar-refractivity contribution >= 4 is 28.9 Å². The van der Waals surface area contributed by atoms with Crippen molar-refractivity contribution in [2.45, 2.75) is 33.4 Å². The molecule has 0 bridgehead atoms. The molecule has 1 aromatic carbocycles. The number of aromatic nitrogens is 2. The van der Waals surface area contributed by atoms with Crippen LogP contribution in [0.1, 0.15) is 19.4 Å². The summed E-state index contributed by atoms with van der Waals surface area (Å²) in [5.41, 5.74) is 2.26. The third-order valence-corrected chi connectivity index (χ3v) is 3.88. The number of aryl methyl sites for hydroxylation is 2. The van der Waals surface area contributed by atoms with E-state index in [9.17, 15) is 4.79 Å². The lowest BCUT2D eigenvalue weighted by molar-refractivity contribution is -0.116. The Morgan fingerprint density at radius 1 is 1.48 bits per heavy atom. The second kappa shape index (κ2) is 7.37. The average Bonchev–Trinajstić information content (AvgIpc) is 2.98. The maximum Gasteiger partial charge on any atom is 0.246 e. The van der Waals surface area contributed by atoms with Gasteiger partial charge in [-0.2, -0.15) is 5.10 Å². The number of nitrogens with one attached hydrogen (secondary N) is 2. The molecule has 0 saturated carbocycles. The van der Waals surface area contributed by atoms with Gasteiger partial charge in [-0.05, 0) is 32.4 Å². The third kappa shape index (κ3) is 4.16. The molecule has 1 aromatic heterocycles. The highest BCUT2D eigenvalue weighted by molar-refractivity contribution is 6.31. The van der Waals surface area contributed by atoms with Gasteiger partial charge in [-0.3, -0.25) is 9.48 Å². The van der Waals surface area contributed by atoms with Crippen molar-refractivity contribution in [3.63, 3.8) is 0 Å². The molecule has 1 heterocycles. The van der Waals surface area contributed by atoms with Crippen LogP contribution >= 0.6 is 11.6 Å². The molecule has 23 heavy (non-hydrogen) atoms. The Balaban J connectivity index is 2.07. The molecule has 0 spiro atoms. The van der Waals surface area contributed by atoms with Crippen molar-refractivity contribution in [2.24, 2.45) is 0 Å². The SMILES string of the molecule is CCn1cc(N[C@@H](C)C(=O)Nc2cc(C)c(Cl)cc2OC)cn1. The normalized spacial score (nSPS) is 11.9. The van der Waals surface area contributed by atoms with Crippen LogP contribution < -0.4 is 15.4 Å². The maximum atomic E-state index is 12.4. The van der Waals surface area contributed by atoms with E-state index in [1.54, 1.807) is 29.9 Å². The van der Waals surface area contributed by atoms with Crippen LogP contribution in [0.5, 0.6) is 5.75 Å². The zero-order valence-corrected chi connectivity index (χ0v) is 14.4. The molecule has 124 valence electrons. The number of carbonyl (C=O) groups excluding carboxylic acids is 1. The van der Waals surface area contributed by atoms with E-state index in [1.165, 1.54) is 7.11 Å². The molecule has 2 rings (SSSR count). The number of halogens is 1. The van der Waals surface area contributed by atoms with Crippen LogP contribution in [0.4, 0.5) is 11.4 Å². The number of amides is 1. The van der Waals surface area contributed by atoms with Crippen molar-refractivity contribution < 1.29 is 9.53 Å². The number of anilines is 2. The first-order valence-electron chi connectivity index (χ1n) is 7.38. The number of hydrogen-bond donors (Lipinski definition) is 2. The van der Waals surface area contributed by atoms with Gasteiger partial charge >= 0.3 is 0 Å². The molecule has 1 atom stereocenters. The lowest BCUT2D eigenvalue weighted by atomic mass is 10.2. The van der Waals surface area contributed by atoms with E-state index < -0.39 is 6.04 Å². The van der Waals surface area contributed by atoms with Gasteiger partial charge in [-0.1, -0.05) is 11.6 Å².